The summed E-state index contributed by atoms with van der Waals surface area (Å²) in [4.78, 5) is 3.31. The van der Waals surface area contributed by atoms with Crippen LogP contribution in [0, 0.1) is 0 Å². The van der Waals surface area contributed by atoms with Gasteiger partial charge in [-0.1, -0.05) is 72.5 Å². The van der Waals surface area contributed by atoms with Crippen LogP contribution in [0.2, 0.25) is 0 Å². The number of hydrogen-bond donors (Lipinski definition) is 2. The molecule has 0 saturated heterocycles. The fraction of sp³-hybridized carbons (Fsp3) is 0.211. The number of aromatic amines is 1. The lowest BCUT2D eigenvalue weighted by atomic mass is 10.1. The molecular weight excluding hydrogens is 320 g/mol. The number of para-hydroxylation sites is 1. The monoisotopic (exact) mass is 340 g/mol. The maximum Gasteiger partial charge on any atom is 0.133 e. The van der Waals surface area contributed by atoms with E-state index in [1.165, 1.54) is 22.0 Å². The van der Waals surface area contributed by atoms with Crippen molar-refractivity contribution in [2.75, 3.05) is 12.3 Å². The van der Waals surface area contributed by atoms with Gasteiger partial charge in [-0.2, -0.15) is 0 Å². The van der Waals surface area contributed by atoms with Crippen molar-refractivity contribution in [2.45, 2.75) is 12.8 Å². The van der Waals surface area contributed by atoms with Crippen LogP contribution < -0.4 is 5.32 Å². The predicted molar refractivity (Wildman–Crippen MR) is 105 cm³/mol. The molecule has 0 aliphatic heterocycles. The summed E-state index contributed by atoms with van der Waals surface area (Å²) < 4.78 is 0.890. The van der Waals surface area contributed by atoms with Crippen molar-refractivity contribution >= 4 is 39.2 Å². The van der Waals surface area contributed by atoms with Gasteiger partial charge >= 0.3 is 0 Å². The third-order valence-corrected chi connectivity index (χ3v) is 5.12. The zero-order chi connectivity index (χ0) is 15.9. The minimum absolute atomic E-state index is 0.874. The van der Waals surface area contributed by atoms with Gasteiger partial charge in [0, 0.05) is 29.4 Å². The molecule has 0 radical (unpaired) electrons. The van der Waals surface area contributed by atoms with E-state index in [9.17, 15) is 0 Å². The fourth-order valence-corrected chi connectivity index (χ4v) is 3.67. The van der Waals surface area contributed by atoms with Gasteiger partial charge in [0.25, 0.3) is 0 Å². The second-order valence-electron chi connectivity index (χ2n) is 5.41. The average molecular weight is 341 g/mol. The summed E-state index contributed by atoms with van der Waals surface area (Å²) in [6.45, 7) is 0.874. The van der Waals surface area contributed by atoms with E-state index in [1.807, 2.05) is 6.07 Å². The van der Waals surface area contributed by atoms with Crippen molar-refractivity contribution < 1.29 is 0 Å². The van der Waals surface area contributed by atoms with Gasteiger partial charge in [0.2, 0.25) is 0 Å². The molecule has 1 heterocycles. The van der Waals surface area contributed by atoms with Gasteiger partial charge in [-0.25, -0.2) is 0 Å². The summed E-state index contributed by atoms with van der Waals surface area (Å²) in [7, 11) is 0. The van der Waals surface area contributed by atoms with Gasteiger partial charge in [0.05, 0.1) is 0 Å². The van der Waals surface area contributed by atoms with E-state index in [2.05, 4.69) is 65.0 Å². The number of H-pyrrole nitrogens is 1. The van der Waals surface area contributed by atoms with Crippen molar-refractivity contribution in [1.82, 2.24) is 10.3 Å². The largest absolute Gasteiger partial charge is 0.371 e. The lowest BCUT2D eigenvalue weighted by Gasteiger charge is -2.07. The highest BCUT2D eigenvalue weighted by Gasteiger charge is 2.03. The second-order valence-corrected chi connectivity index (χ2v) is 7.18. The summed E-state index contributed by atoms with van der Waals surface area (Å²) in [5.41, 5.74) is 3.90. The zero-order valence-corrected chi connectivity index (χ0v) is 14.6. The Hall–Kier alpha value is -1.78. The molecule has 0 bridgehead atoms. The first-order valence-corrected chi connectivity index (χ1v) is 9.22. The van der Waals surface area contributed by atoms with E-state index in [1.54, 1.807) is 11.8 Å². The van der Waals surface area contributed by atoms with Crippen LogP contribution in [0.4, 0.5) is 0 Å². The molecule has 4 heteroatoms. The van der Waals surface area contributed by atoms with Crippen LogP contribution in [-0.4, -0.2) is 21.6 Å². The normalized spacial score (nSPS) is 10.8. The SMILES string of the molecule is S=C(NCCc1c[nH]c2ccccc12)SCCc1ccccc1. The van der Waals surface area contributed by atoms with Crippen LogP contribution in [0.25, 0.3) is 10.9 Å². The third-order valence-electron chi connectivity index (χ3n) is 3.81. The van der Waals surface area contributed by atoms with E-state index < -0.39 is 0 Å². The lowest BCUT2D eigenvalue weighted by Crippen LogP contribution is -2.21. The van der Waals surface area contributed by atoms with Crippen molar-refractivity contribution in [3.63, 3.8) is 0 Å². The summed E-state index contributed by atoms with van der Waals surface area (Å²) in [6.07, 6.45) is 4.12. The van der Waals surface area contributed by atoms with Crippen molar-refractivity contribution in [2.24, 2.45) is 0 Å². The Balaban J connectivity index is 1.39. The molecule has 0 aliphatic carbocycles. The van der Waals surface area contributed by atoms with Gasteiger partial charge in [-0.3, -0.25) is 0 Å². The number of benzene rings is 2. The van der Waals surface area contributed by atoms with E-state index in [0.29, 0.717) is 0 Å². The smallest absolute Gasteiger partial charge is 0.133 e. The molecule has 2 N–H and O–H groups in total. The Kier molecular flexibility index (Phi) is 5.72. The number of aromatic nitrogens is 1. The van der Waals surface area contributed by atoms with Gasteiger partial charge in [-0.15, -0.1) is 0 Å². The minimum Gasteiger partial charge on any atom is -0.371 e. The van der Waals surface area contributed by atoms with Crippen LogP contribution in [0.3, 0.4) is 0 Å². The minimum atomic E-state index is 0.874. The molecule has 2 aromatic carbocycles. The first-order valence-electron chi connectivity index (χ1n) is 7.82. The molecule has 0 aliphatic rings. The number of thiocarbonyl (C=S) groups is 1. The van der Waals surface area contributed by atoms with Gasteiger partial charge < -0.3 is 10.3 Å². The Labute approximate surface area is 146 Å². The second kappa shape index (κ2) is 8.18. The molecule has 0 spiro atoms. The van der Waals surface area contributed by atoms with Crippen molar-refractivity contribution in [1.29, 1.82) is 0 Å². The standard InChI is InChI=1S/C19H20N2S2/c22-19(23-13-11-15-6-2-1-3-7-15)20-12-10-16-14-21-18-9-5-4-8-17(16)18/h1-9,14,21H,10-13H2,(H,20,22). The van der Waals surface area contributed by atoms with Crippen LogP contribution in [0.5, 0.6) is 0 Å². The Morgan fingerprint density at radius 2 is 1.78 bits per heavy atom. The van der Waals surface area contributed by atoms with Gasteiger partial charge in [0.1, 0.15) is 4.32 Å². The predicted octanol–water partition coefficient (Wildman–Crippen LogP) is 4.56. The molecule has 2 nitrogen and oxygen atoms in total. The molecule has 118 valence electrons. The highest BCUT2D eigenvalue weighted by molar-refractivity contribution is 8.22. The molecule has 0 fully saturated rings. The molecule has 23 heavy (non-hydrogen) atoms. The quantitative estimate of drug-likeness (QED) is 0.644. The molecule has 0 amide bonds. The maximum absolute atomic E-state index is 5.40. The Morgan fingerprint density at radius 1 is 1.00 bits per heavy atom. The van der Waals surface area contributed by atoms with E-state index in [-0.39, 0.29) is 0 Å². The average Bonchev–Trinajstić information content (AvgIpc) is 2.99. The number of aryl methyl sites for hydroxylation is 1. The highest BCUT2D eigenvalue weighted by Crippen LogP contribution is 2.17. The molecular formula is C19H20N2S2. The summed E-state index contributed by atoms with van der Waals surface area (Å²) in [6, 6.07) is 18.9. The first kappa shape index (κ1) is 16.1. The number of rotatable bonds is 6. The van der Waals surface area contributed by atoms with E-state index in [4.69, 9.17) is 12.2 Å². The topological polar surface area (TPSA) is 27.8 Å². The Morgan fingerprint density at radius 3 is 2.65 bits per heavy atom. The van der Waals surface area contributed by atoms with Crippen LogP contribution in [0.15, 0.2) is 60.8 Å². The van der Waals surface area contributed by atoms with Gasteiger partial charge in [0.15, 0.2) is 0 Å². The van der Waals surface area contributed by atoms with E-state index >= 15 is 0 Å². The number of thioether (sulfide) groups is 1. The van der Waals surface area contributed by atoms with Crippen molar-refractivity contribution in [3.05, 3.63) is 71.9 Å². The van der Waals surface area contributed by atoms with Crippen molar-refractivity contribution in [3.8, 4) is 0 Å². The zero-order valence-electron chi connectivity index (χ0n) is 12.9. The third kappa shape index (κ3) is 4.60. The fourth-order valence-electron chi connectivity index (χ4n) is 2.59. The van der Waals surface area contributed by atoms with E-state index in [0.717, 1.165) is 29.5 Å². The van der Waals surface area contributed by atoms with Crippen LogP contribution in [0.1, 0.15) is 11.1 Å². The molecule has 0 unspecified atom stereocenters. The lowest BCUT2D eigenvalue weighted by molar-refractivity contribution is 0.887. The molecule has 1 aromatic heterocycles. The molecule has 3 aromatic rings. The van der Waals surface area contributed by atoms with Crippen LogP contribution in [-0.2, 0) is 12.8 Å². The number of fused-ring (bicyclic) bond motifs is 1. The number of hydrogen-bond acceptors (Lipinski definition) is 2. The highest BCUT2D eigenvalue weighted by atomic mass is 32.2. The molecule has 0 atom stereocenters. The summed E-state index contributed by atoms with van der Waals surface area (Å²) in [5.74, 6) is 1.02. The Bertz CT molecular complexity index is 765. The summed E-state index contributed by atoms with van der Waals surface area (Å²) >= 11 is 7.13. The van der Waals surface area contributed by atoms with Crippen LogP contribution >= 0.6 is 24.0 Å². The molecule has 3 rings (SSSR count). The van der Waals surface area contributed by atoms with Gasteiger partial charge in [-0.05, 0) is 30.0 Å². The number of nitrogens with one attached hydrogen (secondary N) is 2. The first-order chi connectivity index (χ1) is 11.3. The summed E-state index contributed by atoms with van der Waals surface area (Å²) in [5, 5.41) is 4.66. The maximum atomic E-state index is 5.40. The molecule has 0 saturated carbocycles.